The minimum Gasteiger partial charge on any atom is -0.450 e. The molecule has 0 aliphatic carbocycles. The molecule has 1 fully saturated rings. The van der Waals surface area contributed by atoms with E-state index in [-0.39, 0.29) is 17.7 Å². The molecule has 5 heteroatoms. The van der Waals surface area contributed by atoms with Crippen molar-refractivity contribution in [3.05, 3.63) is 35.1 Å². The van der Waals surface area contributed by atoms with Gasteiger partial charge >= 0.3 is 0 Å². The summed E-state index contributed by atoms with van der Waals surface area (Å²) in [6.45, 7) is 8.03. The second-order valence-corrected chi connectivity index (χ2v) is 7.57. The fraction of sp³-hybridized carbons (Fsp3) is 0.545. The van der Waals surface area contributed by atoms with Crippen LogP contribution in [0.3, 0.4) is 0 Å². The molecule has 1 saturated heterocycles. The fourth-order valence-corrected chi connectivity index (χ4v) is 3.81. The summed E-state index contributed by atoms with van der Waals surface area (Å²) in [6.07, 6.45) is 4.75. The molecule has 0 atom stereocenters. The van der Waals surface area contributed by atoms with E-state index in [0.29, 0.717) is 31.7 Å². The van der Waals surface area contributed by atoms with Crippen molar-refractivity contribution in [3.8, 4) is 0 Å². The predicted octanol–water partition coefficient (Wildman–Crippen LogP) is 4.21. The number of hydrogen-bond acceptors (Lipinski definition) is 3. The van der Waals surface area contributed by atoms with Crippen molar-refractivity contribution in [2.45, 2.75) is 52.9 Å². The maximum atomic E-state index is 13.0. The third-order valence-corrected chi connectivity index (χ3v) is 5.59. The Labute approximate surface area is 161 Å². The van der Waals surface area contributed by atoms with E-state index in [1.54, 1.807) is 0 Å². The Bertz CT molecular complexity index is 816. The SMILES string of the molecule is CCCCCNC(=O)C1CCN(C(=O)c2oc3c(C)cccc3c2C)CC1. The molecule has 2 heterocycles. The number of carbonyl (C=O) groups is 2. The van der Waals surface area contributed by atoms with Gasteiger partial charge in [0.1, 0.15) is 5.58 Å². The molecule has 1 aliphatic rings. The molecule has 0 saturated carbocycles. The number of furan rings is 1. The Kier molecular flexibility index (Phi) is 6.19. The Hall–Kier alpha value is -2.30. The molecular formula is C22H30N2O3. The van der Waals surface area contributed by atoms with Gasteiger partial charge in [0.2, 0.25) is 5.91 Å². The van der Waals surface area contributed by atoms with Crippen LogP contribution >= 0.6 is 0 Å². The number of piperidine rings is 1. The van der Waals surface area contributed by atoms with Gasteiger partial charge in [0, 0.05) is 36.5 Å². The minimum absolute atomic E-state index is 0.00897. The summed E-state index contributed by atoms with van der Waals surface area (Å²) in [4.78, 5) is 27.1. The quantitative estimate of drug-likeness (QED) is 0.775. The number of para-hydroxylation sites is 1. The molecule has 0 radical (unpaired) electrons. The largest absolute Gasteiger partial charge is 0.450 e. The molecular weight excluding hydrogens is 340 g/mol. The van der Waals surface area contributed by atoms with Crippen LogP contribution in [0.4, 0.5) is 0 Å². The van der Waals surface area contributed by atoms with Gasteiger partial charge in [-0.05, 0) is 38.7 Å². The van der Waals surface area contributed by atoms with E-state index in [9.17, 15) is 9.59 Å². The highest BCUT2D eigenvalue weighted by Gasteiger charge is 2.30. The van der Waals surface area contributed by atoms with Gasteiger partial charge in [0.15, 0.2) is 5.76 Å². The molecule has 1 N–H and O–H groups in total. The summed E-state index contributed by atoms with van der Waals surface area (Å²) in [7, 11) is 0. The monoisotopic (exact) mass is 370 g/mol. The number of nitrogens with zero attached hydrogens (tertiary/aromatic N) is 1. The van der Waals surface area contributed by atoms with Gasteiger partial charge in [-0.2, -0.15) is 0 Å². The molecule has 3 rings (SSSR count). The molecule has 1 aliphatic heterocycles. The molecule has 0 spiro atoms. The lowest BCUT2D eigenvalue weighted by Crippen LogP contribution is -2.43. The highest BCUT2D eigenvalue weighted by atomic mass is 16.3. The molecule has 0 unspecified atom stereocenters. The van der Waals surface area contributed by atoms with Gasteiger partial charge in [-0.15, -0.1) is 0 Å². The number of amides is 2. The van der Waals surface area contributed by atoms with Crippen LogP contribution in [0.25, 0.3) is 11.0 Å². The lowest BCUT2D eigenvalue weighted by molar-refractivity contribution is -0.126. The number of unbranched alkanes of at least 4 members (excludes halogenated alkanes) is 2. The molecule has 5 nitrogen and oxygen atoms in total. The first-order valence-corrected chi connectivity index (χ1v) is 10.1. The number of hydrogen-bond donors (Lipinski definition) is 1. The Morgan fingerprint density at radius 2 is 1.93 bits per heavy atom. The smallest absolute Gasteiger partial charge is 0.289 e. The fourth-order valence-electron chi connectivity index (χ4n) is 3.81. The van der Waals surface area contributed by atoms with E-state index in [4.69, 9.17) is 4.42 Å². The van der Waals surface area contributed by atoms with Crippen LogP contribution in [0.15, 0.2) is 22.6 Å². The average molecular weight is 370 g/mol. The summed E-state index contributed by atoms with van der Waals surface area (Å²) in [5.41, 5.74) is 2.72. The van der Waals surface area contributed by atoms with Crippen molar-refractivity contribution < 1.29 is 14.0 Å². The molecule has 2 aromatic rings. The van der Waals surface area contributed by atoms with Crippen LogP contribution in [0, 0.1) is 19.8 Å². The molecule has 1 aromatic heterocycles. The van der Waals surface area contributed by atoms with Crippen molar-refractivity contribution in [2.75, 3.05) is 19.6 Å². The first kappa shape index (κ1) is 19.5. The van der Waals surface area contributed by atoms with Gasteiger partial charge in [-0.3, -0.25) is 9.59 Å². The number of rotatable bonds is 6. The van der Waals surface area contributed by atoms with Crippen molar-refractivity contribution in [1.29, 1.82) is 0 Å². The minimum atomic E-state index is -0.0649. The van der Waals surface area contributed by atoms with E-state index in [0.717, 1.165) is 47.9 Å². The lowest BCUT2D eigenvalue weighted by Gasteiger charge is -2.31. The Balaban J connectivity index is 1.60. The zero-order valence-corrected chi connectivity index (χ0v) is 16.6. The number of benzene rings is 1. The zero-order valence-electron chi connectivity index (χ0n) is 16.6. The molecule has 2 amide bonds. The molecule has 0 bridgehead atoms. The first-order chi connectivity index (χ1) is 13.0. The van der Waals surface area contributed by atoms with Crippen LogP contribution < -0.4 is 5.32 Å². The van der Waals surface area contributed by atoms with Gasteiger partial charge < -0.3 is 14.6 Å². The van der Waals surface area contributed by atoms with Crippen molar-refractivity contribution >= 4 is 22.8 Å². The van der Waals surface area contributed by atoms with Gasteiger partial charge in [-0.1, -0.05) is 38.0 Å². The van der Waals surface area contributed by atoms with Crippen LogP contribution in [0.2, 0.25) is 0 Å². The van der Waals surface area contributed by atoms with Crippen molar-refractivity contribution in [2.24, 2.45) is 5.92 Å². The number of carbonyl (C=O) groups excluding carboxylic acids is 2. The van der Waals surface area contributed by atoms with Crippen molar-refractivity contribution in [1.82, 2.24) is 10.2 Å². The summed E-state index contributed by atoms with van der Waals surface area (Å²) in [6, 6.07) is 5.97. The zero-order chi connectivity index (χ0) is 19.4. The highest BCUT2D eigenvalue weighted by Crippen LogP contribution is 2.29. The van der Waals surface area contributed by atoms with Crippen LogP contribution in [0.5, 0.6) is 0 Å². The van der Waals surface area contributed by atoms with Crippen LogP contribution in [-0.4, -0.2) is 36.3 Å². The molecule has 1 aromatic carbocycles. The Morgan fingerprint density at radius 1 is 1.19 bits per heavy atom. The van der Waals surface area contributed by atoms with E-state index in [2.05, 4.69) is 12.2 Å². The third-order valence-electron chi connectivity index (χ3n) is 5.59. The highest BCUT2D eigenvalue weighted by molar-refractivity contribution is 5.99. The molecule has 27 heavy (non-hydrogen) atoms. The van der Waals surface area contributed by atoms with E-state index < -0.39 is 0 Å². The first-order valence-electron chi connectivity index (χ1n) is 10.1. The lowest BCUT2D eigenvalue weighted by atomic mass is 9.95. The topological polar surface area (TPSA) is 62.6 Å². The van der Waals surface area contributed by atoms with Gasteiger partial charge in [-0.25, -0.2) is 0 Å². The van der Waals surface area contributed by atoms with E-state index in [1.807, 2.05) is 36.9 Å². The van der Waals surface area contributed by atoms with Gasteiger partial charge in [0.25, 0.3) is 5.91 Å². The summed E-state index contributed by atoms with van der Waals surface area (Å²) in [5.74, 6) is 0.509. The normalized spacial score (nSPS) is 15.3. The van der Waals surface area contributed by atoms with Crippen LogP contribution in [-0.2, 0) is 4.79 Å². The number of likely N-dealkylation sites (tertiary alicyclic amines) is 1. The number of fused-ring (bicyclic) bond motifs is 1. The summed E-state index contributed by atoms with van der Waals surface area (Å²) in [5, 5.41) is 4.03. The van der Waals surface area contributed by atoms with Gasteiger partial charge in [0.05, 0.1) is 0 Å². The summed E-state index contributed by atoms with van der Waals surface area (Å²) < 4.78 is 5.92. The standard InChI is InChI=1S/C22H30N2O3/c1-4-5-6-12-23-21(25)17-10-13-24(14-11-17)22(26)20-16(3)18-9-7-8-15(2)19(18)27-20/h7-9,17H,4-6,10-14H2,1-3H3,(H,23,25). The maximum absolute atomic E-state index is 13.0. The molecule has 146 valence electrons. The second-order valence-electron chi connectivity index (χ2n) is 7.57. The average Bonchev–Trinajstić information content (AvgIpc) is 3.03. The Morgan fingerprint density at radius 3 is 2.59 bits per heavy atom. The summed E-state index contributed by atoms with van der Waals surface area (Å²) >= 11 is 0. The van der Waals surface area contributed by atoms with Crippen molar-refractivity contribution in [3.63, 3.8) is 0 Å². The number of nitrogens with one attached hydrogen (secondary N) is 1. The number of aryl methyl sites for hydroxylation is 2. The third kappa shape index (κ3) is 4.18. The van der Waals surface area contributed by atoms with Crippen LogP contribution in [0.1, 0.15) is 60.7 Å². The van der Waals surface area contributed by atoms with E-state index in [1.165, 1.54) is 0 Å². The van der Waals surface area contributed by atoms with E-state index >= 15 is 0 Å². The maximum Gasteiger partial charge on any atom is 0.289 e. The second kappa shape index (κ2) is 8.59. The predicted molar refractivity (Wildman–Crippen MR) is 107 cm³/mol.